The third-order valence-corrected chi connectivity index (χ3v) is 4.31. The summed E-state index contributed by atoms with van der Waals surface area (Å²) in [6.45, 7) is 4.85. The number of hydrogen-bond acceptors (Lipinski definition) is 4. The van der Waals surface area contributed by atoms with Crippen LogP contribution in [-0.4, -0.2) is 41.1 Å². The SMILES string of the molecule is CCC(C)[C@H](N)C(=O)N1CCCN1C(=O)Nc1cccc(C#N)c1.Cl. The van der Waals surface area contributed by atoms with Gasteiger partial charge in [-0.2, -0.15) is 5.26 Å². The van der Waals surface area contributed by atoms with Crippen LogP contribution in [0.5, 0.6) is 0 Å². The van der Waals surface area contributed by atoms with Crippen LogP contribution in [0.1, 0.15) is 32.3 Å². The van der Waals surface area contributed by atoms with E-state index in [1.54, 1.807) is 24.3 Å². The molecule has 1 fully saturated rings. The van der Waals surface area contributed by atoms with Crippen molar-refractivity contribution in [2.45, 2.75) is 32.7 Å². The van der Waals surface area contributed by atoms with Crippen LogP contribution in [0.15, 0.2) is 24.3 Å². The number of nitrogens with two attached hydrogens (primary N) is 1. The molecule has 3 N–H and O–H groups in total. The minimum absolute atomic E-state index is 0. The zero-order valence-corrected chi connectivity index (χ0v) is 15.3. The Kier molecular flexibility index (Phi) is 7.68. The average molecular weight is 366 g/mol. The zero-order valence-electron chi connectivity index (χ0n) is 14.4. The molecule has 1 aromatic rings. The Balaban J connectivity index is 0.00000312. The molecule has 7 nitrogen and oxygen atoms in total. The first-order valence-corrected chi connectivity index (χ1v) is 8.13. The quantitative estimate of drug-likeness (QED) is 0.854. The van der Waals surface area contributed by atoms with Crippen molar-refractivity contribution in [3.63, 3.8) is 0 Å². The second kappa shape index (κ2) is 9.25. The number of hydrogen-bond donors (Lipinski definition) is 2. The fraction of sp³-hybridized carbons (Fsp3) is 0.471. The molecule has 1 aliphatic rings. The highest BCUT2D eigenvalue weighted by Gasteiger charge is 2.34. The lowest BCUT2D eigenvalue weighted by Crippen LogP contribution is -2.53. The summed E-state index contributed by atoms with van der Waals surface area (Å²) in [6, 6.07) is 7.65. The van der Waals surface area contributed by atoms with Gasteiger partial charge >= 0.3 is 6.03 Å². The maximum absolute atomic E-state index is 12.5. The summed E-state index contributed by atoms with van der Waals surface area (Å²) in [4.78, 5) is 25.0. The molecule has 0 saturated carbocycles. The van der Waals surface area contributed by atoms with Crippen LogP contribution in [0, 0.1) is 17.2 Å². The molecule has 8 heteroatoms. The first-order chi connectivity index (χ1) is 11.5. The molecule has 0 spiro atoms. The van der Waals surface area contributed by atoms with E-state index in [1.165, 1.54) is 10.0 Å². The van der Waals surface area contributed by atoms with Crippen molar-refractivity contribution >= 4 is 30.0 Å². The predicted molar refractivity (Wildman–Crippen MR) is 97.9 cm³/mol. The predicted octanol–water partition coefficient (Wildman–Crippen LogP) is 2.33. The number of nitrogens with zero attached hydrogens (tertiary/aromatic N) is 3. The van der Waals surface area contributed by atoms with Gasteiger partial charge in [-0.25, -0.2) is 14.8 Å². The number of rotatable bonds is 4. The van der Waals surface area contributed by atoms with E-state index in [2.05, 4.69) is 5.32 Å². The van der Waals surface area contributed by atoms with Crippen LogP contribution in [0.25, 0.3) is 0 Å². The van der Waals surface area contributed by atoms with E-state index in [4.69, 9.17) is 11.0 Å². The van der Waals surface area contributed by atoms with Gasteiger partial charge in [0.1, 0.15) is 0 Å². The summed E-state index contributed by atoms with van der Waals surface area (Å²) in [7, 11) is 0. The van der Waals surface area contributed by atoms with Crippen molar-refractivity contribution in [1.29, 1.82) is 5.26 Å². The van der Waals surface area contributed by atoms with Crippen LogP contribution in [-0.2, 0) is 4.79 Å². The number of anilines is 1. The number of amides is 3. The van der Waals surface area contributed by atoms with Crippen molar-refractivity contribution in [1.82, 2.24) is 10.0 Å². The third kappa shape index (κ3) is 4.84. The average Bonchev–Trinajstić information content (AvgIpc) is 3.09. The van der Waals surface area contributed by atoms with Crippen LogP contribution in [0.4, 0.5) is 10.5 Å². The molecule has 0 aromatic heterocycles. The van der Waals surface area contributed by atoms with E-state index in [0.717, 1.165) is 6.42 Å². The topological polar surface area (TPSA) is 102 Å². The van der Waals surface area contributed by atoms with Crippen LogP contribution < -0.4 is 11.1 Å². The number of urea groups is 1. The standard InChI is InChI=1S/C17H23N5O2.ClH/c1-3-12(2)15(19)16(23)21-8-5-9-22(21)17(24)20-14-7-4-6-13(10-14)11-18;/h4,6-7,10,12,15H,3,5,8-9,19H2,1-2H3,(H,20,24);1H/t12?,15-;/m0./s1. The lowest BCUT2D eigenvalue weighted by atomic mass is 9.99. The van der Waals surface area contributed by atoms with E-state index in [9.17, 15) is 9.59 Å². The Morgan fingerprint density at radius 2 is 2.04 bits per heavy atom. The number of nitrogens with one attached hydrogen (secondary N) is 1. The van der Waals surface area contributed by atoms with Gasteiger partial charge in [0.05, 0.1) is 17.7 Å². The molecule has 0 bridgehead atoms. The summed E-state index contributed by atoms with van der Waals surface area (Å²) in [6.07, 6.45) is 1.51. The van der Waals surface area contributed by atoms with Gasteiger partial charge in [0.2, 0.25) is 0 Å². The van der Waals surface area contributed by atoms with Gasteiger partial charge in [-0.05, 0) is 30.5 Å². The summed E-state index contributed by atoms with van der Waals surface area (Å²) in [5, 5.41) is 14.5. The lowest BCUT2D eigenvalue weighted by Gasteiger charge is -2.31. The van der Waals surface area contributed by atoms with Gasteiger partial charge in [0.15, 0.2) is 0 Å². The van der Waals surface area contributed by atoms with E-state index in [0.29, 0.717) is 30.8 Å². The second-order valence-electron chi connectivity index (χ2n) is 5.97. The van der Waals surface area contributed by atoms with Gasteiger partial charge in [-0.1, -0.05) is 26.3 Å². The number of halogens is 1. The summed E-state index contributed by atoms with van der Waals surface area (Å²) in [5.74, 6) is -0.182. The maximum atomic E-state index is 12.5. The minimum atomic E-state index is -0.620. The first-order valence-electron chi connectivity index (χ1n) is 8.13. The number of carbonyl (C=O) groups excluding carboxylic acids is 2. The van der Waals surface area contributed by atoms with Crippen molar-refractivity contribution < 1.29 is 9.59 Å². The van der Waals surface area contributed by atoms with Gasteiger partial charge in [0, 0.05) is 18.8 Å². The largest absolute Gasteiger partial charge is 0.340 e. The van der Waals surface area contributed by atoms with E-state index in [1.807, 2.05) is 19.9 Å². The van der Waals surface area contributed by atoms with E-state index < -0.39 is 12.1 Å². The van der Waals surface area contributed by atoms with Crippen LogP contribution in [0.3, 0.4) is 0 Å². The smallest absolute Gasteiger partial charge is 0.320 e. The van der Waals surface area contributed by atoms with E-state index >= 15 is 0 Å². The van der Waals surface area contributed by atoms with Crippen molar-refractivity contribution in [3.05, 3.63) is 29.8 Å². The van der Waals surface area contributed by atoms with Crippen molar-refractivity contribution in [3.8, 4) is 6.07 Å². The summed E-state index contributed by atoms with van der Waals surface area (Å²) >= 11 is 0. The highest BCUT2D eigenvalue weighted by molar-refractivity contribution is 5.92. The molecule has 1 heterocycles. The van der Waals surface area contributed by atoms with Gasteiger partial charge in [-0.15, -0.1) is 12.4 Å². The molecule has 2 rings (SSSR count). The fourth-order valence-corrected chi connectivity index (χ4v) is 2.58. The fourth-order valence-electron chi connectivity index (χ4n) is 2.58. The van der Waals surface area contributed by atoms with Crippen molar-refractivity contribution in [2.24, 2.45) is 11.7 Å². The Labute approximate surface area is 154 Å². The molecule has 136 valence electrons. The molecule has 2 atom stereocenters. The number of benzene rings is 1. The highest BCUT2D eigenvalue weighted by Crippen LogP contribution is 2.18. The normalized spacial score (nSPS) is 15.8. The third-order valence-electron chi connectivity index (χ3n) is 4.31. The number of nitriles is 1. The molecule has 1 unspecified atom stereocenters. The van der Waals surface area contributed by atoms with Gasteiger partial charge < -0.3 is 11.1 Å². The lowest BCUT2D eigenvalue weighted by molar-refractivity contribution is -0.142. The Bertz CT molecular complexity index is 661. The maximum Gasteiger partial charge on any atom is 0.340 e. The monoisotopic (exact) mass is 365 g/mol. The summed E-state index contributed by atoms with van der Waals surface area (Å²) in [5.41, 5.74) is 7.00. The molecule has 1 saturated heterocycles. The van der Waals surface area contributed by atoms with Crippen LogP contribution in [0.2, 0.25) is 0 Å². The molecular weight excluding hydrogens is 342 g/mol. The molecular formula is C17H24ClN5O2. The molecule has 1 aromatic carbocycles. The Hall–Kier alpha value is -2.30. The molecule has 0 aliphatic carbocycles. The number of carbonyl (C=O) groups is 2. The summed E-state index contributed by atoms with van der Waals surface area (Å²) < 4.78 is 0. The van der Waals surface area contributed by atoms with Gasteiger partial charge in [-0.3, -0.25) is 4.79 Å². The van der Waals surface area contributed by atoms with E-state index in [-0.39, 0.29) is 24.2 Å². The number of hydrazine groups is 1. The molecule has 1 aliphatic heterocycles. The molecule has 25 heavy (non-hydrogen) atoms. The molecule has 0 radical (unpaired) electrons. The van der Waals surface area contributed by atoms with Crippen LogP contribution >= 0.6 is 12.4 Å². The van der Waals surface area contributed by atoms with Gasteiger partial charge in [0.25, 0.3) is 5.91 Å². The van der Waals surface area contributed by atoms with Crippen molar-refractivity contribution in [2.75, 3.05) is 18.4 Å². The Morgan fingerprint density at radius 3 is 2.68 bits per heavy atom. The Morgan fingerprint density at radius 1 is 1.36 bits per heavy atom. The molecule has 3 amide bonds. The zero-order chi connectivity index (χ0) is 17.7. The highest BCUT2D eigenvalue weighted by atomic mass is 35.5. The first kappa shape index (κ1) is 20.7. The second-order valence-corrected chi connectivity index (χ2v) is 5.97. The minimum Gasteiger partial charge on any atom is -0.320 e.